The van der Waals surface area contributed by atoms with E-state index in [1.807, 2.05) is 51.1 Å². The maximum atomic E-state index is 12.1. The van der Waals surface area contributed by atoms with E-state index >= 15 is 0 Å². The zero-order valence-electron chi connectivity index (χ0n) is 19.7. The molecule has 9 heteroatoms. The van der Waals surface area contributed by atoms with E-state index in [4.69, 9.17) is 20.9 Å². The van der Waals surface area contributed by atoms with Gasteiger partial charge in [0.2, 0.25) is 0 Å². The summed E-state index contributed by atoms with van der Waals surface area (Å²) in [5.74, 6) is -0.0624. The number of rotatable bonds is 9. The molecule has 1 aromatic heterocycles. The molecule has 0 aliphatic carbocycles. The summed E-state index contributed by atoms with van der Waals surface area (Å²) in [6, 6.07) is 11.2. The number of anilines is 2. The number of aromatic amines is 1. The third kappa shape index (κ3) is 5.48. The molecule has 0 fully saturated rings. The van der Waals surface area contributed by atoms with Crippen LogP contribution in [0.1, 0.15) is 33.3 Å². The smallest absolute Gasteiger partial charge is 0.306 e. The van der Waals surface area contributed by atoms with Crippen LogP contribution >= 0.6 is 0 Å². The second-order valence-corrected chi connectivity index (χ2v) is 8.29. The average Bonchev–Trinajstić information content (AvgIpc) is 2.78. The number of benzene rings is 2. The minimum atomic E-state index is -0.867. The highest BCUT2D eigenvalue weighted by molar-refractivity contribution is 5.76. The third-order valence-electron chi connectivity index (χ3n) is 5.23. The molecule has 0 radical (unpaired) electrons. The fourth-order valence-corrected chi connectivity index (χ4v) is 3.50. The van der Waals surface area contributed by atoms with Gasteiger partial charge in [-0.15, -0.1) is 0 Å². The highest BCUT2D eigenvalue weighted by Gasteiger charge is 2.18. The van der Waals surface area contributed by atoms with E-state index in [-0.39, 0.29) is 23.4 Å². The fraction of sp³-hybridized carbons (Fsp3) is 0.320. The largest absolute Gasteiger partial charge is 0.493 e. The Balaban J connectivity index is 2.08. The quantitative estimate of drug-likeness (QED) is 0.372. The molecule has 0 saturated heterocycles. The summed E-state index contributed by atoms with van der Waals surface area (Å²) in [6.07, 6.45) is 0.285. The number of hydrogen-bond donors (Lipinski definition) is 4. The number of nitrogens with two attached hydrogens (primary N) is 2. The Morgan fingerprint density at radius 3 is 2.38 bits per heavy atom. The van der Waals surface area contributed by atoms with Crippen LogP contribution in [0.25, 0.3) is 22.5 Å². The number of hydrogen-bond acceptors (Lipinski definition) is 7. The molecule has 3 aromatic rings. The Hall–Kier alpha value is -4.01. The number of carboxylic acids is 1. The summed E-state index contributed by atoms with van der Waals surface area (Å²) in [5.41, 5.74) is 13.8. The van der Waals surface area contributed by atoms with Crippen molar-refractivity contribution in [3.63, 3.8) is 0 Å². The Morgan fingerprint density at radius 1 is 1.09 bits per heavy atom. The van der Waals surface area contributed by atoms with Gasteiger partial charge in [-0.3, -0.25) is 9.59 Å². The van der Waals surface area contributed by atoms with E-state index in [0.717, 1.165) is 16.7 Å². The number of nitrogen functional groups attached to an aromatic ring is 2. The monoisotopic (exact) mass is 466 g/mol. The topological polar surface area (TPSA) is 154 Å². The molecule has 0 saturated carbocycles. The number of carbonyl (C=O) groups is 1. The molecule has 0 aliphatic heterocycles. The van der Waals surface area contributed by atoms with Gasteiger partial charge in [0, 0.05) is 0 Å². The Labute approximate surface area is 197 Å². The van der Waals surface area contributed by atoms with E-state index in [2.05, 4.69) is 9.97 Å². The van der Waals surface area contributed by atoms with Crippen molar-refractivity contribution in [1.82, 2.24) is 9.97 Å². The minimum absolute atomic E-state index is 0.0458. The third-order valence-corrected chi connectivity index (χ3v) is 5.23. The molecule has 0 bridgehead atoms. The fourth-order valence-electron chi connectivity index (χ4n) is 3.50. The number of aromatic nitrogens is 2. The van der Waals surface area contributed by atoms with Gasteiger partial charge in [0.25, 0.3) is 5.56 Å². The number of aliphatic carboxylic acids is 1. The first-order valence-corrected chi connectivity index (χ1v) is 11.1. The van der Waals surface area contributed by atoms with E-state index < -0.39 is 17.4 Å². The Kier molecular flexibility index (Phi) is 7.45. The van der Waals surface area contributed by atoms with Crippen molar-refractivity contribution in [1.29, 1.82) is 0 Å². The second kappa shape index (κ2) is 10.3. The molecule has 34 heavy (non-hydrogen) atoms. The molecule has 180 valence electrons. The predicted molar refractivity (Wildman–Crippen MR) is 132 cm³/mol. The first kappa shape index (κ1) is 24.6. The van der Waals surface area contributed by atoms with Crippen LogP contribution in [0.4, 0.5) is 11.5 Å². The maximum Gasteiger partial charge on any atom is 0.306 e. The average molecular weight is 467 g/mol. The van der Waals surface area contributed by atoms with Crippen molar-refractivity contribution in [3.8, 4) is 34.0 Å². The van der Waals surface area contributed by atoms with Crippen molar-refractivity contribution in [2.24, 2.45) is 5.92 Å². The lowest BCUT2D eigenvalue weighted by Crippen LogP contribution is -2.17. The second-order valence-electron chi connectivity index (χ2n) is 8.29. The lowest BCUT2D eigenvalue weighted by atomic mass is 9.95. The zero-order chi connectivity index (χ0) is 25.0. The highest BCUT2D eigenvalue weighted by Crippen LogP contribution is 2.35. The van der Waals surface area contributed by atoms with Gasteiger partial charge in [-0.1, -0.05) is 19.1 Å². The molecular formula is C25H30N4O5. The van der Waals surface area contributed by atoms with E-state index in [1.54, 1.807) is 13.0 Å². The maximum absolute atomic E-state index is 12.1. The molecule has 1 heterocycles. The van der Waals surface area contributed by atoms with Crippen LogP contribution in [0.3, 0.4) is 0 Å². The minimum Gasteiger partial charge on any atom is -0.493 e. The SMILES string of the molecule is CCOc1cc(-c2ccc(OC(C)C)c(CC(C)C(=O)O)c2)ccc1-c1nc(N)c(N)c(=O)[nH]1. The van der Waals surface area contributed by atoms with Crippen LogP contribution in [-0.4, -0.2) is 33.8 Å². The molecule has 1 unspecified atom stereocenters. The van der Waals surface area contributed by atoms with Crippen LogP contribution in [0, 0.1) is 5.92 Å². The number of nitrogens with zero attached hydrogens (tertiary/aromatic N) is 1. The van der Waals surface area contributed by atoms with Gasteiger partial charge in [0.1, 0.15) is 23.0 Å². The molecule has 1 atom stereocenters. The van der Waals surface area contributed by atoms with Gasteiger partial charge >= 0.3 is 5.97 Å². The summed E-state index contributed by atoms with van der Waals surface area (Å²) >= 11 is 0. The van der Waals surface area contributed by atoms with Gasteiger partial charge in [0.15, 0.2) is 5.82 Å². The van der Waals surface area contributed by atoms with E-state index in [0.29, 0.717) is 30.1 Å². The van der Waals surface area contributed by atoms with Crippen molar-refractivity contribution >= 4 is 17.5 Å². The predicted octanol–water partition coefficient (Wildman–Crippen LogP) is 3.72. The highest BCUT2D eigenvalue weighted by atomic mass is 16.5. The summed E-state index contributed by atoms with van der Waals surface area (Å²) in [6.45, 7) is 7.77. The zero-order valence-corrected chi connectivity index (χ0v) is 19.7. The summed E-state index contributed by atoms with van der Waals surface area (Å²) < 4.78 is 11.7. The lowest BCUT2D eigenvalue weighted by molar-refractivity contribution is -0.141. The summed E-state index contributed by atoms with van der Waals surface area (Å²) in [4.78, 5) is 30.4. The van der Waals surface area contributed by atoms with Crippen molar-refractivity contribution in [2.45, 2.75) is 40.2 Å². The molecule has 0 aliphatic rings. The van der Waals surface area contributed by atoms with Crippen molar-refractivity contribution < 1.29 is 19.4 Å². The molecule has 0 amide bonds. The first-order chi connectivity index (χ1) is 16.1. The molecular weight excluding hydrogens is 436 g/mol. The van der Waals surface area contributed by atoms with Gasteiger partial charge in [0.05, 0.1) is 24.2 Å². The number of nitrogens with one attached hydrogen (secondary N) is 1. The molecule has 9 nitrogen and oxygen atoms in total. The van der Waals surface area contributed by atoms with E-state index in [9.17, 15) is 14.7 Å². The normalized spacial score (nSPS) is 11.9. The number of H-pyrrole nitrogens is 1. The molecule has 2 aromatic carbocycles. The van der Waals surface area contributed by atoms with Crippen LogP contribution in [0.2, 0.25) is 0 Å². The van der Waals surface area contributed by atoms with Crippen LogP contribution < -0.4 is 26.5 Å². The number of ether oxygens (including phenoxy) is 2. The molecule has 6 N–H and O–H groups in total. The molecule has 0 spiro atoms. The van der Waals surface area contributed by atoms with Gasteiger partial charge in [-0.25, -0.2) is 4.98 Å². The van der Waals surface area contributed by atoms with Gasteiger partial charge in [-0.2, -0.15) is 0 Å². The first-order valence-electron chi connectivity index (χ1n) is 11.1. The lowest BCUT2D eigenvalue weighted by Gasteiger charge is -2.18. The van der Waals surface area contributed by atoms with Crippen LogP contribution in [0.5, 0.6) is 11.5 Å². The van der Waals surface area contributed by atoms with Crippen molar-refractivity contribution in [3.05, 3.63) is 52.3 Å². The Bertz CT molecular complexity index is 1250. The van der Waals surface area contributed by atoms with Crippen LogP contribution in [-0.2, 0) is 11.2 Å². The standard InChI is InChI=1S/C25H30N4O5/c1-5-33-20-12-16(6-8-18(20)23-28-22(27)21(26)24(30)29-23)15-7-9-19(34-13(2)3)17(11-15)10-14(4)25(31)32/h6-9,11-14H,5,10,26H2,1-4H3,(H,31,32)(H3,27,28,29,30). The van der Waals surface area contributed by atoms with Crippen LogP contribution in [0.15, 0.2) is 41.2 Å². The number of carboxylic acid groups (broad SMARTS) is 1. The van der Waals surface area contributed by atoms with E-state index in [1.165, 1.54) is 0 Å². The summed E-state index contributed by atoms with van der Waals surface area (Å²) in [5, 5.41) is 9.39. The molecule has 3 rings (SSSR count). The Morgan fingerprint density at radius 2 is 1.76 bits per heavy atom. The van der Waals surface area contributed by atoms with Crippen molar-refractivity contribution in [2.75, 3.05) is 18.1 Å². The van der Waals surface area contributed by atoms with Gasteiger partial charge in [-0.05, 0) is 68.1 Å². The van der Waals surface area contributed by atoms with Gasteiger partial charge < -0.3 is 31.0 Å². The summed E-state index contributed by atoms with van der Waals surface area (Å²) in [7, 11) is 0.